The molecule has 158 valence electrons. The fourth-order valence-corrected chi connectivity index (χ4v) is 4.32. The zero-order chi connectivity index (χ0) is 21.9. The van der Waals surface area contributed by atoms with Gasteiger partial charge in [0.05, 0.1) is 5.02 Å². The number of carbonyl (C=O) groups is 1. The summed E-state index contributed by atoms with van der Waals surface area (Å²) < 4.78 is 27.9. The van der Waals surface area contributed by atoms with Gasteiger partial charge in [-0.15, -0.1) is 0 Å². The first-order chi connectivity index (χ1) is 14.2. The van der Waals surface area contributed by atoms with E-state index in [9.17, 15) is 13.2 Å². The number of benzene rings is 2. The maximum Gasteiger partial charge on any atom is 0.251 e. The highest BCUT2D eigenvalue weighted by atomic mass is 35.5. The molecule has 0 bridgehead atoms. The van der Waals surface area contributed by atoms with Crippen LogP contribution in [0, 0.1) is 6.92 Å². The number of carbonyl (C=O) groups excluding carboxylic acids is 1. The van der Waals surface area contributed by atoms with E-state index in [0.717, 1.165) is 21.3 Å². The van der Waals surface area contributed by atoms with Crippen molar-refractivity contribution >= 4 is 27.5 Å². The number of hydrogen-bond acceptors (Lipinski definition) is 4. The van der Waals surface area contributed by atoms with Gasteiger partial charge in [0.1, 0.15) is 10.7 Å². The summed E-state index contributed by atoms with van der Waals surface area (Å²) in [6.07, 6.45) is 3.68. The molecule has 0 fully saturated rings. The monoisotopic (exact) mass is 446 g/mol. The Morgan fingerprint density at radius 2 is 1.90 bits per heavy atom. The van der Waals surface area contributed by atoms with Crippen molar-refractivity contribution in [2.75, 3.05) is 14.1 Å². The molecule has 3 rings (SSSR count). The Balaban J connectivity index is 1.72. The lowest BCUT2D eigenvalue weighted by Gasteiger charge is -2.14. The average molecular weight is 447 g/mol. The molecule has 0 aliphatic rings. The van der Waals surface area contributed by atoms with E-state index in [0.29, 0.717) is 13.1 Å². The molecule has 1 amide bonds. The number of imidazole rings is 1. The third-order valence-corrected chi connectivity index (χ3v) is 6.97. The number of rotatable bonds is 7. The van der Waals surface area contributed by atoms with Crippen molar-refractivity contribution < 1.29 is 13.2 Å². The van der Waals surface area contributed by atoms with Crippen LogP contribution in [0.2, 0.25) is 5.02 Å². The normalized spacial score (nSPS) is 11.6. The van der Waals surface area contributed by atoms with E-state index in [2.05, 4.69) is 10.3 Å². The largest absolute Gasteiger partial charge is 0.348 e. The van der Waals surface area contributed by atoms with Gasteiger partial charge < -0.3 is 9.88 Å². The van der Waals surface area contributed by atoms with Crippen molar-refractivity contribution in [3.8, 4) is 0 Å². The molecule has 0 spiro atoms. The van der Waals surface area contributed by atoms with Crippen molar-refractivity contribution in [1.29, 1.82) is 0 Å². The van der Waals surface area contributed by atoms with Crippen molar-refractivity contribution in [2.45, 2.75) is 24.9 Å². The Bertz CT molecular complexity index is 1170. The number of halogens is 1. The molecule has 0 saturated heterocycles. The summed E-state index contributed by atoms with van der Waals surface area (Å²) in [5.74, 6) is 0.553. The smallest absolute Gasteiger partial charge is 0.251 e. The molecule has 0 radical (unpaired) electrons. The van der Waals surface area contributed by atoms with Crippen molar-refractivity contribution in [1.82, 2.24) is 19.2 Å². The fourth-order valence-electron chi connectivity index (χ4n) is 2.93. The Labute approximate surface area is 181 Å². The molecule has 0 unspecified atom stereocenters. The van der Waals surface area contributed by atoms with Crippen LogP contribution in [-0.2, 0) is 23.1 Å². The number of nitrogens with zero attached hydrogens (tertiary/aromatic N) is 3. The molecule has 1 N–H and O–H groups in total. The van der Waals surface area contributed by atoms with Crippen LogP contribution in [0.5, 0.6) is 0 Å². The van der Waals surface area contributed by atoms with Crippen LogP contribution in [-0.4, -0.2) is 42.3 Å². The predicted molar refractivity (Wildman–Crippen MR) is 116 cm³/mol. The zero-order valence-corrected chi connectivity index (χ0v) is 18.5. The van der Waals surface area contributed by atoms with Crippen LogP contribution in [0.1, 0.15) is 27.3 Å². The summed E-state index contributed by atoms with van der Waals surface area (Å²) in [4.78, 5) is 16.7. The third kappa shape index (κ3) is 4.89. The second kappa shape index (κ2) is 8.99. The number of sulfonamides is 1. The van der Waals surface area contributed by atoms with Gasteiger partial charge in [0.25, 0.3) is 5.91 Å². The number of amides is 1. The van der Waals surface area contributed by atoms with Crippen LogP contribution in [0.15, 0.2) is 59.8 Å². The quantitative estimate of drug-likeness (QED) is 0.604. The average Bonchev–Trinajstić information content (AvgIpc) is 3.11. The maximum absolute atomic E-state index is 12.6. The Morgan fingerprint density at radius 3 is 2.57 bits per heavy atom. The van der Waals surface area contributed by atoms with Gasteiger partial charge in [-0.3, -0.25) is 4.79 Å². The molecule has 1 aromatic heterocycles. The highest BCUT2D eigenvalue weighted by Crippen LogP contribution is 2.24. The molecule has 1 heterocycles. The lowest BCUT2D eigenvalue weighted by atomic mass is 10.1. The van der Waals surface area contributed by atoms with E-state index < -0.39 is 10.0 Å². The minimum Gasteiger partial charge on any atom is -0.348 e. The molecule has 2 aromatic carbocycles. The fraction of sp³-hybridized carbons (Fsp3) is 0.238. The first kappa shape index (κ1) is 22.0. The highest BCUT2D eigenvalue weighted by molar-refractivity contribution is 7.89. The zero-order valence-electron chi connectivity index (χ0n) is 17.0. The number of nitrogens with one attached hydrogen (secondary N) is 1. The highest BCUT2D eigenvalue weighted by Gasteiger charge is 2.22. The van der Waals surface area contributed by atoms with Gasteiger partial charge in [0.15, 0.2) is 0 Å². The molecule has 7 nitrogen and oxygen atoms in total. The summed E-state index contributed by atoms with van der Waals surface area (Å²) >= 11 is 6.05. The summed E-state index contributed by atoms with van der Waals surface area (Å²) in [6, 6.07) is 12.1. The number of hydrogen-bond donors (Lipinski definition) is 1. The van der Waals surface area contributed by atoms with Gasteiger partial charge in [-0.2, -0.15) is 0 Å². The molecule has 0 atom stereocenters. The first-order valence-electron chi connectivity index (χ1n) is 9.24. The van der Waals surface area contributed by atoms with E-state index in [1.165, 1.54) is 32.3 Å². The molecule has 3 aromatic rings. The predicted octanol–water partition coefficient (Wildman–Crippen LogP) is 3.07. The van der Waals surface area contributed by atoms with Crippen LogP contribution >= 0.6 is 11.6 Å². The summed E-state index contributed by atoms with van der Waals surface area (Å²) in [5, 5.41) is 2.90. The van der Waals surface area contributed by atoms with Crippen molar-refractivity contribution in [3.63, 3.8) is 0 Å². The van der Waals surface area contributed by atoms with E-state index in [-0.39, 0.29) is 21.4 Å². The maximum atomic E-state index is 12.6. The number of aryl methyl sites for hydroxylation is 1. The van der Waals surface area contributed by atoms with Gasteiger partial charge >= 0.3 is 0 Å². The summed E-state index contributed by atoms with van der Waals surface area (Å²) in [6.45, 7) is 2.95. The van der Waals surface area contributed by atoms with E-state index in [1.54, 1.807) is 6.20 Å². The SMILES string of the molecule is Cc1nccn1Cc1cccc(CNC(=O)c2ccc(Cl)c(S(=O)(=O)N(C)C)c2)c1. The summed E-state index contributed by atoms with van der Waals surface area (Å²) in [5.41, 5.74) is 2.26. The Hall–Kier alpha value is -2.68. The van der Waals surface area contributed by atoms with E-state index in [1.807, 2.05) is 42.0 Å². The van der Waals surface area contributed by atoms with Gasteiger partial charge in [-0.05, 0) is 36.2 Å². The third-order valence-electron chi connectivity index (χ3n) is 4.67. The molecule has 9 heteroatoms. The van der Waals surface area contributed by atoms with Crippen LogP contribution in [0.4, 0.5) is 0 Å². The Morgan fingerprint density at radius 1 is 1.17 bits per heavy atom. The second-order valence-corrected chi connectivity index (χ2v) is 9.57. The van der Waals surface area contributed by atoms with E-state index in [4.69, 9.17) is 11.6 Å². The van der Waals surface area contributed by atoms with E-state index >= 15 is 0 Å². The van der Waals surface area contributed by atoms with Crippen LogP contribution in [0.3, 0.4) is 0 Å². The minimum absolute atomic E-state index is 0.0720. The van der Waals surface area contributed by atoms with Gasteiger partial charge in [0, 0.05) is 45.1 Å². The standard InChI is InChI=1S/C21H23ClN4O3S/c1-15-23-9-10-26(15)14-17-6-4-5-16(11-17)13-24-21(27)18-7-8-19(22)20(12-18)30(28,29)25(2)3/h4-12H,13-14H2,1-3H3,(H,24,27). The lowest BCUT2D eigenvalue weighted by Crippen LogP contribution is -2.25. The lowest BCUT2D eigenvalue weighted by molar-refractivity contribution is 0.0950. The van der Waals surface area contributed by atoms with Gasteiger partial charge in [0.2, 0.25) is 10.0 Å². The molecular weight excluding hydrogens is 424 g/mol. The topological polar surface area (TPSA) is 84.3 Å². The van der Waals surface area contributed by atoms with Crippen LogP contribution < -0.4 is 5.32 Å². The second-order valence-electron chi connectivity index (χ2n) is 7.04. The van der Waals surface area contributed by atoms with Crippen LogP contribution in [0.25, 0.3) is 0 Å². The molecule has 0 saturated carbocycles. The molecule has 0 aliphatic heterocycles. The Kier molecular flexibility index (Phi) is 6.60. The number of aromatic nitrogens is 2. The first-order valence-corrected chi connectivity index (χ1v) is 11.1. The summed E-state index contributed by atoms with van der Waals surface area (Å²) in [7, 11) is -0.924. The molecular formula is C21H23ClN4O3S. The molecule has 0 aliphatic carbocycles. The van der Waals surface area contributed by atoms with Gasteiger partial charge in [-0.25, -0.2) is 17.7 Å². The minimum atomic E-state index is -3.75. The van der Waals surface area contributed by atoms with Gasteiger partial charge in [-0.1, -0.05) is 35.9 Å². The van der Waals surface area contributed by atoms with Crippen molar-refractivity contribution in [3.05, 3.63) is 82.4 Å². The van der Waals surface area contributed by atoms with Crippen molar-refractivity contribution in [2.24, 2.45) is 0 Å². The molecule has 30 heavy (non-hydrogen) atoms.